The van der Waals surface area contributed by atoms with E-state index in [9.17, 15) is 0 Å². The van der Waals surface area contributed by atoms with Crippen molar-refractivity contribution in [2.75, 3.05) is 13.2 Å². The lowest BCUT2D eigenvalue weighted by molar-refractivity contribution is -0.715. The first kappa shape index (κ1) is 5.93. The average molecular weight is 122 g/mol. The Morgan fingerprint density at radius 2 is 1.38 bits per heavy atom. The van der Waals surface area contributed by atoms with Gasteiger partial charge in [0.1, 0.15) is 0 Å². The van der Waals surface area contributed by atoms with Crippen LogP contribution in [0.3, 0.4) is 0 Å². The third kappa shape index (κ3) is 2.20. The Morgan fingerprint density at radius 1 is 0.750 bits per heavy atom. The van der Waals surface area contributed by atoms with Crippen LogP contribution in [0, 0.1) is 0 Å². The third-order valence-corrected chi connectivity index (χ3v) is 0.607. The summed E-state index contributed by atoms with van der Waals surface area (Å²) in [7, 11) is 0. The van der Waals surface area contributed by atoms with Crippen LogP contribution in [-0.4, -0.2) is 13.2 Å². The highest BCUT2D eigenvalue weighted by molar-refractivity contribution is 4.26. The largest absolute Gasteiger partial charge is 0.204 e. The van der Waals surface area contributed by atoms with Crippen molar-refractivity contribution in [3.05, 3.63) is 0 Å². The first-order chi connectivity index (χ1) is 4.00. The van der Waals surface area contributed by atoms with Gasteiger partial charge in [-0.05, 0) is 15.1 Å². The normalized spacial score (nSPS) is 24.0. The van der Waals surface area contributed by atoms with Crippen LogP contribution in [0.25, 0.3) is 0 Å². The topological polar surface area (TPSA) is 46.2 Å². The fraction of sp³-hybridized carbons (Fsp3) is 1.00. The molecule has 1 aliphatic rings. The van der Waals surface area contributed by atoms with E-state index in [1.54, 1.807) is 0 Å². The van der Waals surface area contributed by atoms with E-state index < -0.39 is 0 Å². The third-order valence-electron chi connectivity index (χ3n) is 0.607. The lowest BCUT2D eigenvalue weighted by Crippen LogP contribution is -2.08. The summed E-state index contributed by atoms with van der Waals surface area (Å²) >= 11 is 0. The summed E-state index contributed by atoms with van der Waals surface area (Å²) in [6, 6.07) is 0. The van der Waals surface area contributed by atoms with Crippen molar-refractivity contribution < 1.29 is 24.9 Å². The second-order valence-electron chi connectivity index (χ2n) is 1.20. The summed E-state index contributed by atoms with van der Waals surface area (Å²) in [5, 5.41) is 11.7. The van der Waals surface area contributed by atoms with E-state index >= 15 is 0 Å². The van der Waals surface area contributed by atoms with Gasteiger partial charge < -0.3 is 0 Å². The molecule has 0 atom stereocenters. The molecule has 0 amide bonds. The monoisotopic (exact) mass is 122 g/mol. The van der Waals surface area contributed by atoms with Crippen LogP contribution in [-0.2, 0) is 24.9 Å². The molecule has 1 rings (SSSR count). The maximum absolute atomic E-state index is 4.35. The SMILES string of the molecule is C1COOOOOC1. The van der Waals surface area contributed by atoms with Crippen LogP contribution in [0.2, 0.25) is 0 Å². The molecule has 0 aromatic carbocycles. The van der Waals surface area contributed by atoms with Crippen LogP contribution in [0.15, 0.2) is 0 Å². The van der Waals surface area contributed by atoms with Gasteiger partial charge in [-0.3, -0.25) is 0 Å². The Bertz CT molecular complexity index is 31.6. The van der Waals surface area contributed by atoms with E-state index in [1.165, 1.54) is 0 Å². The molecule has 1 heterocycles. The Morgan fingerprint density at radius 3 is 2.00 bits per heavy atom. The van der Waals surface area contributed by atoms with Crippen molar-refractivity contribution in [2.45, 2.75) is 6.42 Å². The summed E-state index contributed by atoms with van der Waals surface area (Å²) in [6.45, 7) is 0.896. The molecule has 5 heteroatoms. The van der Waals surface area contributed by atoms with Crippen molar-refractivity contribution in [1.29, 1.82) is 0 Å². The molecule has 0 unspecified atom stereocenters. The van der Waals surface area contributed by atoms with Gasteiger partial charge in [0, 0.05) is 6.42 Å². The van der Waals surface area contributed by atoms with Gasteiger partial charge in [-0.2, -0.15) is 0 Å². The molecule has 0 aromatic heterocycles. The minimum absolute atomic E-state index is 0.448. The van der Waals surface area contributed by atoms with E-state index in [1.807, 2.05) is 0 Å². The maximum atomic E-state index is 4.35. The zero-order chi connectivity index (χ0) is 5.66. The molecule has 0 aromatic rings. The van der Waals surface area contributed by atoms with E-state index in [-0.39, 0.29) is 0 Å². The van der Waals surface area contributed by atoms with E-state index in [0.29, 0.717) is 13.2 Å². The van der Waals surface area contributed by atoms with Gasteiger partial charge in [-0.25, -0.2) is 9.78 Å². The minimum Gasteiger partial charge on any atom is -0.204 e. The quantitative estimate of drug-likeness (QED) is 0.427. The summed E-state index contributed by atoms with van der Waals surface area (Å²) in [5.41, 5.74) is 0. The van der Waals surface area contributed by atoms with Crippen LogP contribution in [0.5, 0.6) is 0 Å². The number of hydrogen-bond acceptors (Lipinski definition) is 5. The molecule has 0 spiro atoms. The summed E-state index contributed by atoms with van der Waals surface area (Å²) in [6.07, 6.45) is 0.726. The van der Waals surface area contributed by atoms with Gasteiger partial charge in [0.25, 0.3) is 0 Å². The highest BCUT2D eigenvalue weighted by atomic mass is 17.8. The Balaban J connectivity index is 2.00. The van der Waals surface area contributed by atoms with Crippen molar-refractivity contribution >= 4 is 0 Å². The molecule has 1 saturated heterocycles. The van der Waals surface area contributed by atoms with Crippen molar-refractivity contribution in [3.63, 3.8) is 0 Å². The standard InChI is InChI=1S/C3H6O5/c1-2-4-6-8-7-5-3-1/h1-3H2. The fourth-order valence-electron chi connectivity index (χ4n) is 0.295. The highest BCUT2D eigenvalue weighted by Crippen LogP contribution is 1.93. The van der Waals surface area contributed by atoms with E-state index in [4.69, 9.17) is 0 Å². The predicted molar refractivity (Wildman–Crippen MR) is 19.8 cm³/mol. The summed E-state index contributed by atoms with van der Waals surface area (Å²) in [4.78, 5) is 8.69. The van der Waals surface area contributed by atoms with Gasteiger partial charge in [-0.1, -0.05) is 0 Å². The van der Waals surface area contributed by atoms with Crippen molar-refractivity contribution in [1.82, 2.24) is 0 Å². The molecule has 1 fully saturated rings. The van der Waals surface area contributed by atoms with Crippen LogP contribution in [0.4, 0.5) is 0 Å². The molecule has 48 valence electrons. The smallest absolute Gasteiger partial charge is 0.0878 e. The molecule has 0 radical (unpaired) electrons. The Hall–Kier alpha value is -0.200. The van der Waals surface area contributed by atoms with Crippen LogP contribution in [0.1, 0.15) is 6.42 Å². The molecule has 5 nitrogen and oxygen atoms in total. The number of rotatable bonds is 0. The average Bonchev–Trinajstić information content (AvgIpc) is 1.62. The van der Waals surface area contributed by atoms with Gasteiger partial charge in [-0.15, -0.1) is 0 Å². The molecule has 1 aliphatic heterocycles. The highest BCUT2D eigenvalue weighted by Gasteiger charge is 1.97. The molecule has 8 heavy (non-hydrogen) atoms. The molecule has 0 saturated carbocycles. The molecule has 0 N–H and O–H groups in total. The predicted octanol–water partition coefficient (Wildman–Crippen LogP) is 0.133. The first-order valence-corrected chi connectivity index (χ1v) is 2.24. The van der Waals surface area contributed by atoms with Crippen LogP contribution >= 0.6 is 0 Å². The maximum Gasteiger partial charge on any atom is 0.0878 e. The van der Waals surface area contributed by atoms with Gasteiger partial charge >= 0.3 is 0 Å². The Kier molecular flexibility index (Phi) is 2.79. The number of hydrogen-bond donors (Lipinski definition) is 0. The summed E-state index contributed by atoms with van der Waals surface area (Å²) in [5.74, 6) is 0. The van der Waals surface area contributed by atoms with E-state index in [2.05, 4.69) is 24.9 Å². The first-order valence-electron chi connectivity index (χ1n) is 2.24. The minimum atomic E-state index is 0.448. The summed E-state index contributed by atoms with van der Waals surface area (Å²) < 4.78 is 0. The Labute approximate surface area is 45.7 Å². The van der Waals surface area contributed by atoms with Gasteiger partial charge in [0.15, 0.2) is 0 Å². The van der Waals surface area contributed by atoms with Crippen molar-refractivity contribution in [3.8, 4) is 0 Å². The molecular weight excluding hydrogens is 116 g/mol. The van der Waals surface area contributed by atoms with Gasteiger partial charge in [0.05, 0.1) is 13.2 Å². The zero-order valence-corrected chi connectivity index (χ0v) is 4.16. The second kappa shape index (κ2) is 3.76. The molecule has 0 bridgehead atoms. The lowest BCUT2D eigenvalue weighted by Gasteiger charge is -2.04. The van der Waals surface area contributed by atoms with E-state index in [0.717, 1.165) is 6.42 Å². The van der Waals surface area contributed by atoms with Crippen LogP contribution < -0.4 is 0 Å². The lowest BCUT2D eigenvalue weighted by atomic mass is 10.5. The second-order valence-corrected chi connectivity index (χ2v) is 1.20. The van der Waals surface area contributed by atoms with Crippen molar-refractivity contribution in [2.24, 2.45) is 0 Å². The fourth-order valence-corrected chi connectivity index (χ4v) is 0.295. The zero-order valence-electron chi connectivity index (χ0n) is 4.16. The molecule has 0 aliphatic carbocycles. The molecular formula is C3H6O5. The van der Waals surface area contributed by atoms with Gasteiger partial charge in [0.2, 0.25) is 0 Å².